The summed E-state index contributed by atoms with van der Waals surface area (Å²) in [5.74, 6) is 1.01. The largest absolute Gasteiger partial charge is 0.454 e. The number of sulfonamides is 1. The molecule has 1 fully saturated rings. The van der Waals surface area contributed by atoms with E-state index in [0.29, 0.717) is 18.0 Å². The third-order valence-corrected chi connectivity index (χ3v) is 8.58. The Morgan fingerprint density at radius 3 is 2.20 bits per heavy atom. The predicted molar refractivity (Wildman–Crippen MR) is 168 cm³/mol. The normalized spacial score (nSPS) is 14.1. The quantitative estimate of drug-likeness (QED) is 0.251. The number of hydrogen-bond acceptors (Lipinski definition) is 7. The van der Waals surface area contributed by atoms with E-state index in [2.05, 4.69) is 35.0 Å². The molecule has 2 aromatic rings. The Kier molecular flexibility index (Phi) is 15.6. The number of nitrogens with one attached hydrogen (secondary N) is 1. The molecule has 0 unspecified atom stereocenters. The molecular formula is C31H54N4O4S. The lowest BCUT2D eigenvalue weighted by atomic mass is 10.1. The van der Waals surface area contributed by atoms with Crippen LogP contribution in [-0.4, -0.2) is 84.2 Å². The fourth-order valence-corrected chi connectivity index (χ4v) is 5.50. The number of ether oxygens (including phenoxy) is 2. The summed E-state index contributed by atoms with van der Waals surface area (Å²) in [5.41, 5.74) is 1.77. The molecule has 9 heteroatoms. The fraction of sp³-hybridized carbons (Fsp3) is 0.613. The minimum absolute atomic E-state index is 0. The standard InChI is InChI=1S/C29H46N4O4S.C2H6.H2/c1-5-7-15-33(16-8-6-2)27-22-25(24-30-14-17-32-18-20-36-21-19-32)23-28(38(34,35)31(3)4)29(27)37-26-12-10-9-11-13-26;1-2;/h9-13,22-23,30H,5-8,14-21,24H2,1-4H3;1-2H3;1H. The van der Waals surface area contributed by atoms with Gasteiger partial charge in [0.1, 0.15) is 10.6 Å². The number of unbranched alkanes of at least 4 members (excludes halogenated alkanes) is 2. The number of para-hydroxylation sites is 1. The van der Waals surface area contributed by atoms with Crippen LogP contribution >= 0.6 is 0 Å². The molecule has 1 saturated heterocycles. The number of benzene rings is 2. The van der Waals surface area contributed by atoms with E-state index in [0.717, 1.165) is 89.4 Å². The molecule has 0 atom stereocenters. The lowest BCUT2D eigenvalue weighted by Crippen LogP contribution is -2.40. The highest BCUT2D eigenvalue weighted by Crippen LogP contribution is 2.41. The molecule has 0 amide bonds. The van der Waals surface area contributed by atoms with Gasteiger partial charge >= 0.3 is 0 Å². The first-order valence-electron chi connectivity index (χ1n) is 14.9. The van der Waals surface area contributed by atoms with Gasteiger partial charge in [0.05, 0.1) is 18.9 Å². The van der Waals surface area contributed by atoms with Crippen molar-refractivity contribution in [2.75, 3.05) is 71.5 Å². The van der Waals surface area contributed by atoms with Crippen LogP contribution in [0.1, 0.15) is 60.4 Å². The van der Waals surface area contributed by atoms with Gasteiger partial charge in [-0.2, -0.15) is 0 Å². The summed E-state index contributed by atoms with van der Waals surface area (Å²) in [6.07, 6.45) is 4.16. The van der Waals surface area contributed by atoms with Crippen molar-refractivity contribution in [3.8, 4) is 11.5 Å². The van der Waals surface area contributed by atoms with Crippen LogP contribution in [0.2, 0.25) is 0 Å². The molecule has 1 aliphatic heterocycles. The molecule has 0 saturated carbocycles. The van der Waals surface area contributed by atoms with Gasteiger partial charge in [-0.15, -0.1) is 0 Å². The van der Waals surface area contributed by atoms with Gasteiger partial charge in [-0.1, -0.05) is 58.7 Å². The lowest BCUT2D eigenvalue weighted by molar-refractivity contribution is 0.0384. The Morgan fingerprint density at radius 1 is 1.00 bits per heavy atom. The van der Waals surface area contributed by atoms with Gasteiger partial charge in [0.25, 0.3) is 0 Å². The van der Waals surface area contributed by atoms with Gasteiger partial charge in [0, 0.05) is 61.3 Å². The van der Waals surface area contributed by atoms with Crippen LogP contribution in [0.25, 0.3) is 0 Å². The zero-order valence-electron chi connectivity index (χ0n) is 25.6. The number of rotatable bonds is 16. The monoisotopic (exact) mass is 578 g/mol. The van der Waals surface area contributed by atoms with Crippen molar-refractivity contribution in [3.63, 3.8) is 0 Å². The highest BCUT2D eigenvalue weighted by atomic mass is 32.2. The summed E-state index contributed by atoms with van der Waals surface area (Å²) in [6, 6.07) is 13.3. The third-order valence-electron chi connectivity index (χ3n) is 6.76. The summed E-state index contributed by atoms with van der Waals surface area (Å²) in [6.45, 7) is 15.8. The van der Waals surface area contributed by atoms with Crippen LogP contribution in [0.5, 0.6) is 11.5 Å². The molecule has 0 bridgehead atoms. The number of morpholine rings is 1. The molecule has 3 rings (SSSR count). The maximum Gasteiger partial charge on any atom is 0.246 e. The fourth-order valence-electron chi connectivity index (χ4n) is 4.42. The maximum absolute atomic E-state index is 13.6. The van der Waals surface area contributed by atoms with Crippen LogP contribution in [0.3, 0.4) is 0 Å². The molecule has 40 heavy (non-hydrogen) atoms. The van der Waals surface area contributed by atoms with Gasteiger partial charge in [-0.05, 0) is 42.7 Å². The summed E-state index contributed by atoms with van der Waals surface area (Å²) in [7, 11) is -0.623. The molecule has 0 aliphatic carbocycles. The molecule has 0 aromatic heterocycles. The number of anilines is 1. The lowest BCUT2D eigenvalue weighted by Gasteiger charge is -2.29. The van der Waals surface area contributed by atoms with Crippen LogP contribution < -0.4 is 15.0 Å². The molecule has 1 aliphatic rings. The van der Waals surface area contributed by atoms with Crippen molar-refractivity contribution >= 4 is 15.7 Å². The van der Waals surface area contributed by atoms with E-state index in [-0.39, 0.29) is 6.32 Å². The van der Waals surface area contributed by atoms with Crippen LogP contribution in [0, 0.1) is 0 Å². The van der Waals surface area contributed by atoms with E-state index in [9.17, 15) is 8.42 Å². The second-order valence-corrected chi connectivity index (χ2v) is 12.1. The van der Waals surface area contributed by atoms with Crippen molar-refractivity contribution in [2.24, 2.45) is 0 Å². The van der Waals surface area contributed by atoms with Gasteiger partial charge in [-0.25, -0.2) is 12.7 Å². The zero-order chi connectivity index (χ0) is 29.4. The molecule has 0 radical (unpaired) electrons. The third kappa shape index (κ3) is 10.3. The highest BCUT2D eigenvalue weighted by Gasteiger charge is 2.28. The molecule has 228 valence electrons. The number of nitrogens with zero attached hydrogens (tertiary/aromatic N) is 3. The first-order chi connectivity index (χ1) is 19.4. The topological polar surface area (TPSA) is 74.4 Å². The molecule has 2 aromatic carbocycles. The van der Waals surface area contributed by atoms with Crippen LogP contribution in [-0.2, 0) is 21.3 Å². The molecule has 8 nitrogen and oxygen atoms in total. The minimum atomic E-state index is -3.76. The average Bonchev–Trinajstić information content (AvgIpc) is 2.98. The van der Waals surface area contributed by atoms with E-state index >= 15 is 0 Å². The summed E-state index contributed by atoms with van der Waals surface area (Å²) in [4.78, 5) is 4.89. The summed E-state index contributed by atoms with van der Waals surface area (Å²) < 4.78 is 40.3. The van der Waals surface area contributed by atoms with E-state index in [4.69, 9.17) is 9.47 Å². The van der Waals surface area contributed by atoms with Crippen molar-refractivity contribution in [3.05, 3.63) is 48.0 Å². The molecular weight excluding hydrogens is 524 g/mol. The van der Waals surface area contributed by atoms with Crippen molar-refractivity contribution < 1.29 is 19.3 Å². The van der Waals surface area contributed by atoms with Crippen LogP contribution in [0.15, 0.2) is 47.4 Å². The predicted octanol–water partition coefficient (Wildman–Crippen LogP) is 5.83. The Hall–Kier alpha value is -2.17. The maximum atomic E-state index is 13.6. The summed E-state index contributed by atoms with van der Waals surface area (Å²) >= 11 is 0. The molecule has 1 heterocycles. The Bertz CT molecular complexity index is 1070. The number of hydrogen-bond donors (Lipinski definition) is 1. The zero-order valence-corrected chi connectivity index (χ0v) is 26.4. The highest BCUT2D eigenvalue weighted by molar-refractivity contribution is 7.89. The van der Waals surface area contributed by atoms with E-state index in [1.807, 2.05) is 44.2 Å². The van der Waals surface area contributed by atoms with Gasteiger partial charge in [-0.3, -0.25) is 4.90 Å². The first-order valence-corrected chi connectivity index (χ1v) is 16.4. The second kappa shape index (κ2) is 18.3. The van der Waals surface area contributed by atoms with Crippen molar-refractivity contribution in [1.29, 1.82) is 0 Å². The minimum Gasteiger partial charge on any atom is -0.454 e. The second-order valence-electron chi connectivity index (χ2n) is 9.97. The van der Waals surface area contributed by atoms with Gasteiger partial charge in [0.15, 0.2) is 5.75 Å². The Labute approximate surface area is 245 Å². The Balaban J connectivity index is 0.00000274. The van der Waals surface area contributed by atoms with E-state index in [1.54, 1.807) is 20.2 Å². The van der Waals surface area contributed by atoms with Crippen molar-refractivity contribution in [2.45, 2.75) is 64.8 Å². The molecule has 0 spiro atoms. The van der Waals surface area contributed by atoms with Gasteiger partial charge in [0.2, 0.25) is 10.0 Å². The SMILES string of the molecule is CC.CCCCN(CCCC)c1cc(CNCCN2CCOCC2)cc(S(=O)(=O)N(C)C)c1Oc1ccccc1.[HH]. The van der Waals surface area contributed by atoms with Crippen LogP contribution in [0.4, 0.5) is 5.69 Å². The Morgan fingerprint density at radius 2 is 1.62 bits per heavy atom. The smallest absolute Gasteiger partial charge is 0.246 e. The summed E-state index contributed by atoms with van der Waals surface area (Å²) in [5, 5.41) is 3.53. The van der Waals surface area contributed by atoms with E-state index in [1.165, 1.54) is 4.31 Å². The van der Waals surface area contributed by atoms with Crippen molar-refractivity contribution in [1.82, 2.24) is 14.5 Å². The first kappa shape index (κ1) is 34.0. The van der Waals surface area contributed by atoms with E-state index < -0.39 is 10.0 Å². The average molecular weight is 579 g/mol. The molecule has 1 N–H and O–H groups in total. The van der Waals surface area contributed by atoms with Gasteiger partial charge < -0.3 is 19.7 Å².